The number of nitrogens with one attached hydrogen (secondary N) is 1. The van der Waals surface area contributed by atoms with Gasteiger partial charge in [0.2, 0.25) is 5.91 Å². The summed E-state index contributed by atoms with van der Waals surface area (Å²) < 4.78 is 0. The molecule has 0 spiro atoms. The maximum Gasteiger partial charge on any atom is 0.338 e. The Balaban J connectivity index is 3.07. The fourth-order valence-corrected chi connectivity index (χ4v) is 1.37. The quantitative estimate of drug-likeness (QED) is 0.501. The molecule has 18 heavy (non-hydrogen) atoms. The molecule has 1 aromatic rings. The van der Waals surface area contributed by atoms with Crippen LogP contribution >= 0.6 is 0 Å². The molecule has 0 aliphatic carbocycles. The molecule has 0 heterocycles. The van der Waals surface area contributed by atoms with Crippen LogP contribution in [-0.4, -0.2) is 28.5 Å². The number of rotatable bonds is 6. The van der Waals surface area contributed by atoms with Crippen LogP contribution in [0.15, 0.2) is 18.2 Å². The van der Waals surface area contributed by atoms with Crippen LogP contribution in [0, 0.1) is 10.1 Å². The zero-order valence-electron chi connectivity index (χ0n) is 9.25. The summed E-state index contributed by atoms with van der Waals surface area (Å²) in [4.78, 5) is 31.6. The smallest absolute Gasteiger partial charge is 0.338 e. The number of benzene rings is 1. The molecule has 96 valence electrons. The SMILES string of the molecule is NC(=O)CCNc1c(C(=O)O)cccc1[N+](=O)[O-]. The van der Waals surface area contributed by atoms with E-state index in [1.807, 2.05) is 0 Å². The Labute approximate surface area is 102 Å². The molecular weight excluding hydrogens is 242 g/mol. The summed E-state index contributed by atoms with van der Waals surface area (Å²) in [6.07, 6.45) is -0.0505. The van der Waals surface area contributed by atoms with Crippen LogP contribution in [-0.2, 0) is 4.79 Å². The molecule has 0 radical (unpaired) electrons. The van der Waals surface area contributed by atoms with Gasteiger partial charge in [0.05, 0.1) is 10.5 Å². The molecule has 8 heteroatoms. The molecule has 8 nitrogen and oxygen atoms in total. The van der Waals surface area contributed by atoms with E-state index in [1.54, 1.807) is 0 Å². The largest absolute Gasteiger partial charge is 0.478 e. The molecule has 0 saturated carbocycles. The molecule has 0 aliphatic rings. The molecule has 0 unspecified atom stereocenters. The first-order valence-electron chi connectivity index (χ1n) is 4.96. The van der Waals surface area contributed by atoms with E-state index in [9.17, 15) is 19.7 Å². The first kappa shape index (κ1) is 13.4. The van der Waals surface area contributed by atoms with Gasteiger partial charge in [-0.05, 0) is 6.07 Å². The highest BCUT2D eigenvalue weighted by atomic mass is 16.6. The van der Waals surface area contributed by atoms with Crippen molar-refractivity contribution in [2.45, 2.75) is 6.42 Å². The number of nitro groups is 1. The number of carbonyl (C=O) groups excluding carboxylic acids is 1. The Morgan fingerprint density at radius 3 is 2.61 bits per heavy atom. The number of carbonyl (C=O) groups is 2. The number of primary amides is 1. The fourth-order valence-electron chi connectivity index (χ4n) is 1.37. The molecule has 0 atom stereocenters. The van der Waals surface area contributed by atoms with Gasteiger partial charge >= 0.3 is 5.97 Å². The number of hydrogen-bond acceptors (Lipinski definition) is 5. The van der Waals surface area contributed by atoms with Gasteiger partial charge in [-0.3, -0.25) is 14.9 Å². The number of aromatic carboxylic acids is 1. The maximum atomic E-state index is 10.9. The number of carboxylic acid groups (broad SMARTS) is 1. The normalized spacial score (nSPS) is 9.78. The van der Waals surface area contributed by atoms with E-state index in [0.29, 0.717) is 0 Å². The summed E-state index contributed by atoms with van der Waals surface area (Å²) >= 11 is 0. The molecule has 0 aliphatic heterocycles. The molecule has 0 fully saturated rings. The van der Waals surface area contributed by atoms with Crippen LogP contribution in [0.1, 0.15) is 16.8 Å². The Hall–Kier alpha value is -2.64. The second-order valence-corrected chi connectivity index (χ2v) is 3.41. The van der Waals surface area contributed by atoms with E-state index in [-0.39, 0.29) is 29.9 Å². The second kappa shape index (κ2) is 5.62. The number of para-hydroxylation sites is 1. The van der Waals surface area contributed by atoms with Crippen molar-refractivity contribution < 1.29 is 19.6 Å². The first-order chi connectivity index (χ1) is 8.43. The number of anilines is 1. The van der Waals surface area contributed by atoms with Gasteiger partial charge in [-0.1, -0.05) is 6.07 Å². The lowest BCUT2D eigenvalue weighted by atomic mass is 10.1. The predicted molar refractivity (Wildman–Crippen MR) is 62.4 cm³/mol. The van der Waals surface area contributed by atoms with Gasteiger partial charge in [-0.15, -0.1) is 0 Å². The minimum absolute atomic E-state index is 0.0282. The molecule has 4 N–H and O–H groups in total. The van der Waals surface area contributed by atoms with Crippen molar-refractivity contribution in [3.63, 3.8) is 0 Å². The van der Waals surface area contributed by atoms with Gasteiger partial charge in [0.25, 0.3) is 5.69 Å². The fraction of sp³-hybridized carbons (Fsp3) is 0.200. The molecule has 1 aromatic carbocycles. The summed E-state index contributed by atoms with van der Waals surface area (Å²) in [6, 6.07) is 3.70. The lowest BCUT2D eigenvalue weighted by Gasteiger charge is -2.08. The van der Waals surface area contributed by atoms with Crippen molar-refractivity contribution in [3.05, 3.63) is 33.9 Å². The van der Waals surface area contributed by atoms with E-state index >= 15 is 0 Å². The standard InChI is InChI=1S/C10H11N3O5/c11-8(14)4-5-12-9-6(10(15)16)2-1-3-7(9)13(17)18/h1-3,12H,4-5H2,(H2,11,14)(H,15,16). The zero-order chi connectivity index (χ0) is 13.7. The molecular formula is C10H11N3O5. The van der Waals surface area contributed by atoms with Gasteiger partial charge in [0.1, 0.15) is 5.69 Å². The van der Waals surface area contributed by atoms with Crippen molar-refractivity contribution in [2.24, 2.45) is 5.73 Å². The molecule has 0 bridgehead atoms. The Bertz CT molecular complexity index is 468. The third-order valence-corrected chi connectivity index (χ3v) is 2.14. The minimum atomic E-state index is -1.29. The van der Waals surface area contributed by atoms with Gasteiger partial charge < -0.3 is 16.2 Å². The summed E-state index contributed by atoms with van der Waals surface area (Å²) in [5.74, 6) is -1.88. The number of nitrogens with zero attached hydrogens (tertiary/aromatic N) is 1. The van der Waals surface area contributed by atoms with E-state index in [1.165, 1.54) is 18.2 Å². The maximum absolute atomic E-state index is 10.9. The van der Waals surface area contributed by atoms with E-state index in [2.05, 4.69) is 5.32 Å². The van der Waals surface area contributed by atoms with Crippen LogP contribution in [0.2, 0.25) is 0 Å². The van der Waals surface area contributed by atoms with Crippen molar-refractivity contribution >= 4 is 23.3 Å². The third kappa shape index (κ3) is 3.17. The van der Waals surface area contributed by atoms with Crippen molar-refractivity contribution in [1.82, 2.24) is 0 Å². The number of nitro benzene ring substituents is 1. The van der Waals surface area contributed by atoms with Gasteiger partial charge in [0.15, 0.2) is 0 Å². The molecule has 0 saturated heterocycles. The Morgan fingerprint density at radius 2 is 2.11 bits per heavy atom. The Kier molecular flexibility index (Phi) is 4.19. The lowest BCUT2D eigenvalue weighted by molar-refractivity contribution is -0.384. The van der Waals surface area contributed by atoms with E-state index in [4.69, 9.17) is 10.8 Å². The van der Waals surface area contributed by atoms with Gasteiger partial charge in [-0.2, -0.15) is 0 Å². The summed E-state index contributed by atoms with van der Waals surface area (Å²) in [5.41, 5.74) is 4.20. The zero-order valence-corrected chi connectivity index (χ0v) is 9.25. The van der Waals surface area contributed by atoms with E-state index in [0.717, 1.165) is 0 Å². The van der Waals surface area contributed by atoms with Crippen LogP contribution in [0.4, 0.5) is 11.4 Å². The molecule has 1 amide bonds. The number of hydrogen-bond donors (Lipinski definition) is 3. The van der Waals surface area contributed by atoms with Crippen molar-refractivity contribution in [1.29, 1.82) is 0 Å². The highest BCUT2D eigenvalue weighted by Gasteiger charge is 2.20. The van der Waals surface area contributed by atoms with Crippen LogP contribution < -0.4 is 11.1 Å². The molecule has 0 aromatic heterocycles. The highest BCUT2D eigenvalue weighted by Crippen LogP contribution is 2.28. The van der Waals surface area contributed by atoms with Crippen LogP contribution in [0.25, 0.3) is 0 Å². The third-order valence-electron chi connectivity index (χ3n) is 2.14. The average Bonchev–Trinajstić information content (AvgIpc) is 2.28. The van der Waals surface area contributed by atoms with E-state index < -0.39 is 16.8 Å². The molecule has 1 rings (SSSR count). The number of carboxylic acids is 1. The summed E-state index contributed by atoms with van der Waals surface area (Å²) in [6.45, 7) is 0.0282. The summed E-state index contributed by atoms with van der Waals surface area (Å²) in [7, 11) is 0. The lowest BCUT2D eigenvalue weighted by Crippen LogP contribution is -2.17. The second-order valence-electron chi connectivity index (χ2n) is 3.41. The summed E-state index contributed by atoms with van der Waals surface area (Å²) in [5, 5.41) is 22.3. The number of amides is 1. The Morgan fingerprint density at radius 1 is 1.44 bits per heavy atom. The number of nitrogens with two attached hydrogens (primary N) is 1. The predicted octanol–water partition coefficient (Wildman–Crippen LogP) is 0.580. The van der Waals surface area contributed by atoms with Crippen LogP contribution in [0.5, 0.6) is 0 Å². The highest BCUT2D eigenvalue weighted by molar-refractivity contribution is 5.96. The van der Waals surface area contributed by atoms with Gasteiger partial charge in [-0.25, -0.2) is 4.79 Å². The first-order valence-corrected chi connectivity index (χ1v) is 4.96. The minimum Gasteiger partial charge on any atom is -0.478 e. The van der Waals surface area contributed by atoms with Crippen molar-refractivity contribution in [2.75, 3.05) is 11.9 Å². The topological polar surface area (TPSA) is 136 Å². The van der Waals surface area contributed by atoms with Gasteiger partial charge in [0, 0.05) is 19.0 Å². The average molecular weight is 253 g/mol. The van der Waals surface area contributed by atoms with Crippen LogP contribution in [0.3, 0.4) is 0 Å². The van der Waals surface area contributed by atoms with Crippen molar-refractivity contribution in [3.8, 4) is 0 Å². The monoisotopic (exact) mass is 253 g/mol.